The molecular formula is C21H21FN4O. The molecule has 1 atom stereocenters. The Hall–Kier alpha value is -2.99. The van der Waals surface area contributed by atoms with Crippen LogP contribution in [-0.4, -0.2) is 21.0 Å². The molecule has 0 fully saturated rings. The van der Waals surface area contributed by atoms with Crippen molar-refractivity contribution in [1.82, 2.24) is 15.1 Å². The molecule has 2 aromatic carbocycles. The molecule has 1 aromatic heterocycles. The van der Waals surface area contributed by atoms with Crippen molar-refractivity contribution in [3.05, 3.63) is 82.8 Å². The van der Waals surface area contributed by atoms with Gasteiger partial charge in [0.05, 0.1) is 12.1 Å². The number of benzene rings is 2. The number of fused-ring (bicyclic) bond motifs is 1. The fourth-order valence-corrected chi connectivity index (χ4v) is 3.45. The second kappa shape index (κ2) is 7.32. The van der Waals surface area contributed by atoms with E-state index in [-0.39, 0.29) is 24.2 Å². The van der Waals surface area contributed by atoms with Crippen LogP contribution < -0.4 is 5.32 Å². The average Bonchev–Trinajstić information content (AvgIpc) is 3.26. The summed E-state index contributed by atoms with van der Waals surface area (Å²) < 4.78 is 13.0. The van der Waals surface area contributed by atoms with Crippen LogP contribution >= 0.6 is 0 Å². The molecule has 0 saturated heterocycles. The van der Waals surface area contributed by atoms with E-state index in [9.17, 15) is 9.18 Å². The molecule has 4 rings (SSSR count). The quantitative estimate of drug-likeness (QED) is 0.724. The van der Waals surface area contributed by atoms with Crippen molar-refractivity contribution in [1.29, 1.82) is 0 Å². The molecule has 3 aromatic rings. The van der Waals surface area contributed by atoms with Crippen LogP contribution in [0.3, 0.4) is 0 Å². The summed E-state index contributed by atoms with van der Waals surface area (Å²) in [5.41, 5.74) is 4.10. The van der Waals surface area contributed by atoms with Crippen molar-refractivity contribution in [2.75, 3.05) is 5.32 Å². The molecule has 0 bridgehead atoms. The van der Waals surface area contributed by atoms with Crippen LogP contribution in [0.2, 0.25) is 0 Å². The highest BCUT2D eigenvalue weighted by Gasteiger charge is 2.29. The molecule has 27 heavy (non-hydrogen) atoms. The predicted molar refractivity (Wildman–Crippen MR) is 101 cm³/mol. The minimum absolute atomic E-state index is 0.162. The molecule has 6 heteroatoms. The van der Waals surface area contributed by atoms with E-state index in [1.807, 2.05) is 18.2 Å². The Morgan fingerprint density at radius 1 is 1.19 bits per heavy atom. The summed E-state index contributed by atoms with van der Waals surface area (Å²) in [7, 11) is 0. The smallest absolute Gasteiger partial charge is 0.230 e. The number of hydrogen-bond acceptors (Lipinski definition) is 3. The highest BCUT2D eigenvalue weighted by Crippen LogP contribution is 2.33. The van der Waals surface area contributed by atoms with Gasteiger partial charge in [-0.3, -0.25) is 14.8 Å². The summed E-state index contributed by atoms with van der Waals surface area (Å²) in [4.78, 5) is 14.7. The number of aromatic amines is 1. The number of amides is 1. The maximum atomic E-state index is 13.0. The zero-order valence-corrected chi connectivity index (χ0v) is 15.1. The first-order chi connectivity index (χ1) is 13.1. The van der Waals surface area contributed by atoms with Crippen molar-refractivity contribution in [2.45, 2.75) is 32.5 Å². The monoisotopic (exact) mass is 364 g/mol. The van der Waals surface area contributed by atoms with Gasteiger partial charge in [0.25, 0.3) is 0 Å². The lowest BCUT2D eigenvalue weighted by Crippen LogP contribution is -2.22. The Kier molecular flexibility index (Phi) is 4.73. The van der Waals surface area contributed by atoms with Crippen molar-refractivity contribution in [3.8, 4) is 0 Å². The van der Waals surface area contributed by atoms with Crippen LogP contribution in [0.25, 0.3) is 0 Å². The van der Waals surface area contributed by atoms with E-state index in [4.69, 9.17) is 0 Å². The summed E-state index contributed by atoms with van der Waals surface area (Å²) in [6.07, 6.45) is 0.187. The summed E-state index contributed by atoms with van der Waals surface area (Å²) in [5, 5.41) is 10.2. The van der Waals surface area contributed by atoms with Gasteiger partial charge in [0, 0.05) is 24.7 Å². The number of rotatable bonds is 5. The SMILES string of the molecule is CC(c1ccccc1)N1Cc2[nH]nc(NC(=O)Cc3ccc(F)cc3)c2C1. The van der Waals surface area contributed by atoms with E-state index in [2.05, 4.69) is 39.5 Å². The summed E-state index contributed by atoms with van der Waals surface area (Å²) in [6.45, 7) is 3.68. The number of halogens is 1. The molecule has 0 spiro atoms. The number of anilines is 1. The Morgan fingerprint density at radius 3 is 2.67 bits per heavy atom. The third kappa shape index (κ3) is 3.75. The van der Waals surface area contributed by atoms with Gasteiger partial charge < -0.3 is 5.32 Å². The van der Waals surface area contributed by atoms with Crippen molar-refractivity contribution in [3.63, 3.8) is 0 Å². The summed E-state index contributed by atoms with van der Waals surface area (Å²) in [6, 6.07) is 16.6. The van der Waals surface area contributed by atoms with E-state index in [1.54, 1.807) is 12.1 Å². The van der Waals surface area contributed by atoms with Gasteiger partial charge in [0.1, 0.15) is 5.82 Å². The number of aromatic nitrogens is 2. The molecule has 0 radical (unpaired) electrons. The van der Waals surface area contributed by atoms with Crippen LogP contribution in [0.4, 0.5) is 10.2 Å². The van der Waals surface area contributed by atoms with Gasteiger partial charge in [-0.25, -0.2) is 4.39 Å². The molecule has 2 N–H and O–H groups in total. The lowest BCUT2D eigenvalue weighted by molar-refractivity contribution is -0.115. The number of nitrogens with one attached hydrogen (secondary N) is 2. The second-order valence-corrected chi connectivity index (χ2v) is 6.87. The first kappa shape index (κ1) is 17.4. The summed E-state index contributed by atoms with van der Waals surface area (Å²) in [5.74, 6) is 0.113. The Bertz CT molecular complexity index is 937. The van der Waals surface area contributed by atoms with Gasteiger partial charge in [-0.05, 0) is 30.2 Å². The van der Waals surface area contributed by atoms with Gasteiger partial charge >= 0.3 is 0 Å². The third-order valence-corrected chi connectivity index (χ3v) is 5.04. The number of hydrogen-bond donors (Lipinski definition) is 2. The molecule has 0 aliphatic carbocycles. The van der Waals surface area contributed by atoms with Gasteiger partial charge in [0.2, 0.25) is 5.91 Å². The van der Waals surface area contributed by atoms with Crippen molar-refractivity contribution in [2.24, 2.45) is 0 Å². The first-order valence-electron chi connectivity index (χ1n) is 8.99. The lowest BCUT2D eigenvalue weighted by Gasteiger charge is -2.24. The highest BCUT2D eigenvalue weighted by molar-refractivity contribution is 5.92. The number of H-pyrrole nitrogens is 1. The zero-order valence-electron chi connectivity index (χ0n) is 15.1. The largest absolute Gasteiger partial charge is 0.309 e. The van der Waals surface area contributed by atoms with Crippen LogP contribution in [0, 0.1) is 5.82 Å². The summed E-state index contributed by atoms with van der Waals surface area (Å²) >= 11 is 0. The number of carbonyl (C=O) groups is 1. The molecule has 1 unspecified atom stereocenters. The normalized spacial score (nSPS) is 14.7. The highest BCUT2D eigenvalue weighted by atomic mass is 19.1. The second-order valence-electron chi connectivity index (χ2n) is 6.87. The first-order valence-corrected chi connectivity index (χ1v) is 8.99. The Labute approximate surface area is 157 Å². The standard InChI is InChI=1S/C21H21FN4O/c1-14(16-5-3-2-4-6-16)26-12-18-19(13-26)24-25-21(18)23-20(27)11-15-7-9-17(22)10-8-15/h2-10,14H,11-13H2,1H3,(H2,23,24,25,27). The lowest BCUT2D eigenvalue weighted by atomic mass is 10.1. The molecular weight excluding hydrogens is 343 g/mol. The van der Waals surface area contributed by atoms with Gasteiger partial charge in [-0.2, -0.15) is 5.10 Å². The molecule has 5 nitrogen and oxygen atoms in total. The average molecular weight is 364 g/mol. The van der Waals surface area contributed by atoms with Crippen LogP contribution in [0.15, 0.2) is 54.6 Å². The van der Waals surface area contributed by atoms with Crippen LogP contribution in [0.1, 0.15) is 35.3 Å². The zero-order chi connectivity index (χ0) is 18.8. The topological polar surface area (TPSA) is 61.0 Å². The fraction of sp³-hybridized carbons (Fsp3) is 0.238. The van der Waals surface area contributed by atoms with Crippen molar-refractivity contribution < 1.29 is 9.18 Å². The van der Waals surface area contributed by atoms with Crippen LogP contribution in [0.5, 0.6) is 0 Å². The van der Waals surface area contributed by atoms with Gasteiger partial charge in [-0.15, -0.1) is 0 Å². The van der Waals surface area contributed by atoms with E-state index in [0.29, 0.717) is 5.82 Å². The van der Waals surface area contributed by atoms with E-state index in [1.165, 1.54) is 17.7 Å². The molecule has 1 aliphatic rings. The van der Waals surface area contributed by atoms with E-state index >= 15 is 0 Å². The third-order valence-electron chi connectivity index (χ3n) is 5.04. The Balaban J connectivity index is 1.42. The van der Waals surface area contributed by atoms with Gasteiger partial charge in [0.15, 0.2) is 5.82 Å². The molecule has 138 valence electrons. The number of nitrogens with zero attached hydrogens (tertiary/aromatic N) is 2. The fourth-order valence-electron chi connectivity index (χ4n) is 3.45. The van der Waals surface area contributed by atoms with Crippen LogP contribution in [-0.2, 0) is 24.3 Å². The predicted octanol–water partition coefficient (Wildman–Crippen LogP) is 3.81. The minimum Gasteiger partial charge on any atom is -0.309 e. The maximum absolute atomic E-state index is 13.0. The van der Waals surface area contributed by atoms with Crippen molar-refractivity contribution >= 4 is 11.7 Å². The molecule has 2 heterocycles. The molecule has 0 saturated carbocycles. The van der Waals surface area contributed by atoms with Gasteiger partial charge in [-0.1, -0.05) is 42.5 Å². The maximum Gasteiger partial charge on any atom is 0.230 e. The van der Waals surface area contributed by atoms with E-state index < -0.39 is 0 Å². The minimum atomic E-state index is -0.308. The number of carbonyl (C=O) groups excluding carboxylic acids is 1. The molecule has 1 amide bonds. The molecule has 1 aliphatic heterocycles. The Morgan fingerprint density at radius 2 is 1.93 bits per heavy atom. The van der Waals surface area contributed by atoms with E-state index in [0.717, 1.165) is 29.9 Å².